The number of nitrogens with one attached hydrogen (secondary N) is 1. The fraction of sp³-hybridized carbons (Fsp3) is 0.172. The Morgan fingerprint density at radius 1 is 1.05 bits per heavy atom. The highest BCUT2D eigenvalue weighted by Crippen LogP contribution is 2.34. The number of hydrogen-bond donors (Lipinski definition) is 1. The number of benzene rings is 3. The molecule has 1 heterocycles. The van der Waals surface area contributed by atoms with Crippen LogP contribution >= 0.6 is 11.3 Å². The predicted octanol–water partition coefficient (Wildman–Crippen LogP) is 5.25. The minimum atomic E-state index is -3.67. The van der Waals surface area contributed by atoms with E-state index in [4.69, 9.17) is 9.47 Å². The number of anilines is 1. The van der Waals surface area contributed by atoms with Crippen molar-refractivity contribution in [3.8, 4) is 17.6 Å². The molecule has 0 spiro atoms. The lowest BCUT2D eigenvalue weighted by molar-refractivity contribution is -0.112. The van der Waals surface area contributed by atoms with Crippen LogP contribution in [0.4, 0.5) is 5.13 Å². The van der Waals surface area contributed by atoms with Crippen molar-refractivity contribution in [2.75, 3.05) is 18.2 Å². The summed E-state index contributed by atoms with van der Waals surface area (Å²) in [4.78, 5) is 12.8. The molecule has 4 aromatic rings. The zero-order valence-corrected chi connectivity index (χ0v) is 23.4. The van der Waals surface area contributed by atoms with Crippen molar-refractivity contribution < 1.29 is 22.7 Å². The Morgan fingerprint density at radius 3 is 2.38 bits per heavy atom. The van der Waals surface area contributed by atoms with Crippen LogP contribution in [-0.2, 0) is 21.1 Å². The number of aromatic nitrogens is 2. The molecule has 0 saturated carbocycles. The van der Waals surface area contributed by atoms with Crippen LogP contribution < -0.4 is 14.8 Å². The summed E-state index contributed by atoms with van der Waals surface area (Å²) in [7, 11) is -2.22. The molecule has 0 aliphatic heterocycles. The van der Waals surface area contributed by atoms with Gasteiger partial charge in [-0.15, -0.1) is 10.2 Å². The molecular formula is C29H26N4O5S2. The van der Waals surface area contributed by atoms with Crippen LogP contribution in [0.15, 0.2) is 89.3 Å². The number of nitrogens with zero attached hydrogens (tertiary/aromatic N) is 3. The van der Waals surface area contributed by atoms with Gasteiger partial charge in [0.1, 0.15) is 22.8 Å². The summed E-state index contributed by atoms with van der Waals surface area (Å²) < 4.78 is 38.1. The Balaban J connectivity index is 1.59. The molecule has 1 aromatic heterocycles. The van der Waals surface area contributed by atoms with Crippen LogP contribution in [-0.4, -0.2) is 37.4 Å². The summed E-state index contributed by atoms with van der Waals surface area (Å²) >= 11 is 1.24. The lowest BCUT2D eigenvalue weighted by Crippen LogP contribution is -2.20. The number of nitriles is 1. The number of sulfone groups is 1. The lowest BCUT2D eigenvalue weighted by Gasteiger charge is -2.21. The zero-order valence-electron chi connectivity index (χ0n) is 21.8. The van der Waals surface area contributed by atoms with Crippen molar-refractivity contribution in [2.45, 2.75) is 24.3 Å². The highest BCUT2D eigenvalue weighted by Gasteiger charge is 2.25. The van der Waals surface area contributed by atoms with Crippen molar-refractivity contribution in [1.82, 2.24) is 10.2 Å². The summed E-state index contributed by atoms with van der Waals surface area (Å²) in [6.07, 6.45) is 1.27. The number of methoxy groups -OCH3 is 1. The van der Waals surface area contributed by atoms with Crippen LogP contribution in [0.3, 0.4) is 0 Å². The Labute approximate surface area is 236 Å². The number of rotatable bonds is 11. The van der Waals surface area contributed by atoms with Gasteiger partial charge in [-0.2, -0.15) is 5.26 Å². The third kappa shape index (κ3) is 7.11. The van der Waals surface area contributed by atoms with E-state index >= 15 is 0 Å². The molecule has 3 aromatic carbocycles. The van der Waals surface area contributed by atoms with Gasteiger partial charge in [0.15, 0.2) is 21.3 Å². The van der Waals surface area contributed by atoms with E-state index in [0.29, 0.717) is 34.2 Å². The Hall–Kier alpha value is -4.53. The van der Waals surface area contributed by atoms with E-state index in [1.165, 1.54) is 24.5 Å². The topological polar surface area (TPSA) is 131 Å². The molecule has 1 N–H and O–H groups in total. The number of ether oxygens (including phenoxy) is 2. The maximum atomic E-state index is 13.2. The normalized spacial score (nSPS) is 12.3. The highest BCUT2D eigenvalue weighted by molar-refractivity contribution is 7.91. The third-order valence-electron chi connectivity index (χ3n) is 5.77. The summed E-state index contributed by atoms with van der Waals surface area (Å²) in [5.41, 5.74) is 1.05. The summed E-state index contributed by atoms with van der Waals surface area (Å²) in [6, 6.07) is 24.0. The number of amides is 1. The second-order valence-corrected chi connectivity index (χ2v) is 11.6. The molecule has 0 bridgehead atoms. The molecule has 1 amide bonds. The minimum absolute atomic E-state index is 0.139. The van der Waals surface area contributed by atoms with Gasteiger partial charge >= 0.3 is 0 Å². The fourth-order valence-corrected chi connectivity index (χ4v) is 5.84. The van der Waals surface area contributed by atoms with Crippen LogP contribution in [0.25, 0.3) is 6.08 Å². The highest BCUT2D eigenvalue weighted by atomic mass is 32.2. The predicted molar refractivity (Wildman–Crippen MR) is 153 cm³/mol. The molecule has 0 aliphatic rings. The van der Waals surface area contributed by atoms with Gasteiger partial charge in [-0.05, 0) is 47.9 Å². The van der Waals surface area contributed by atoms with Crippen LogP contribution in [0.2, 0.25) is 0 Å². The summed E-state index contributed by atoms with van der Waals surface area (Å²) in [5, 5.41) is 21.1. The first-order valence-corrected chi connectivity index (χ1v) is 14.7. The first-order chi connectivity index (χ1) is 19.3. The van der Waals surface area contributed by atoms with Gasteiger partial charge in [0.05, 0.1) is 17.8 Å². The van der Waals surface area contributed by atoms with Gasteiger partial charge in [-0.1, -0.05) is 72.9 Å². The quantitative estimate of drug-likeness (QED) is 0.190. The average Bonchev–Trinajstić information content (AvgIpc) is 3.44. The average molecular weight is 575 g/mol. The molecule has 0 saturated heterocycles. The molecule has 204 valence electrons. The van der Waals surface area contributed by atoms with E-state index in [0.717, 1.165) is 5.01 Å². The van der Waals surface area contributed by atoms with Gasteiger partial charge < -0.3 is 9.47 Å². The first-order valence-electron chi connectivity index (χ1n) is 12.3. The molecule has 1 unspecified atom stereocenters. The zero-order chi connectivity index (χ0) is 28.5. The Kier molecular flexibility index (Phi) is 9.27. The summed E-state index contributed by atoms with van der Waals surface area (Å²) in [6.45, 7) is 1.93. The van der Waals surface area contributed by atoms with E-state index in [9.17, 15) is 18.5 Å². The SMILES string of the molecule is CCc1nnc(NC(=O)C(C#N)=Cc2ccc(OC(CS(=O)(=O)c3ccccc3)c3ccccc3)c(OC)c2)s1. The van der Waals surface area contributed by atoms with Crippen molar-refractivity contribution in [2.24, 2.45) is 0 Å². The van der Waals surface area contributed by atoms with Crippen molar-refractivity contribution in [1.29, 1.82) is 5.26 Å². The molecule has 9 nitrogen and oxygen atoms in total. The molecular weight excluding hydrogens is 548 g/mol. The minimum Gasteiger partial charge on any atom is -0.493 e. The largest absolute Gasteiger partial charge is 0.493 e. The van der Waals surface area contributed by atoms with E-state index in [-0.39, 0.29) is 16.2 Å². The molecule has 1 atom stereocenters. The van der Waals surface area contributed by atoms with Crippen molar-refractivity contribution in [3.63, 3.8) is 0 Å². The molecule has 0 fully saturated rings. The maximum absolute atomic E-state index is 13.2. The van der Waals surface area contributed by atoms with Gasteiger partial charge in [-0.3, -0.25) is 10.1 Å². The molecule has 11 heteroatoms. The van der Waals surface area contributed by atoms with E-state index in [1.807, 2.05) is 31.2 Å². The maximum Gasteiger partial charge on any atom is 0.268 e. The van der Waals surface area contributed by atoms with E-state index < -0.39 is 21.8 Å². The standard InChI is InChI=1S/C29H26N4O5S2/c1-3-27-32-33-29(39-27)31-28(34)22(18-30)16-20-14-15-24(25(17-20)37-2)38-26(21-10-6-4-7-11-21)19-40(35,36)23-12-8-5-9-13-23/h4-17,26H,3,19H2,1-2H3,(H,31,33,34). The Morgan fingerprint density at radius 2 is 1.75 bits per heavy atom. The van der Waals surface area contributed by atoms with Gasteiger partial charge in [-0.25, -0.2) is 8.42 Å². The molecule has 40 heavy (non-hydrogen) atoms. The second kappa shape index (κ2) is 13.0. The van der Waals surface area contributed by atoms with Crippen LogP contribution in [0.1, 0.15) is 29.2 Å². The first kappa shape index (κ1) is 28.5. The lowest BCUT2D eigenvalue weighted by atomic mass is 10.1. The molecule has 4 rings (SSSR count). The van der Waals surface area contributed by atoms with Crippen LogP contribution in [0.5, 0.6) is 11.5 Å². The van der Waals surface area contributed by atoms with E-state index in [1.54, 1.807) is 60.7 Å². The smallest absolute Gasteiger partial charge is 0.268 e. The number of carbonyl (C=O) groups is 1. The van der Waals surface area contributed by atoms with Gasteiger partial charge in [0.2, 0.25) is 5.13 Å². The third-order valence-corrected chi connectivity index (χ3v) is 8.48. The van der Waals surface area contributed by atoms with E-state index in [2.05, 4.69) is 15.5 Å². The van der Waals surface area contributed by atoms with Gasteiger partial charge in [0, 0.05) is 0 Å². The number of hydrogen-bond acceptors (Lipinski definition) is 9. The fourth-order valence-electron chi connectivity index (χ4n) is 3.74. The second-order valence-electron chi connectivity index (χ2n) is 8.50. The van der Waals surface area contributed by atoms with Crippen molar-refractivity contribution in [3.05, 3.63) is 101 Å². The number of aryl methyl sites for hydroxylation is 1. The Bertz CT molecular complexity index is 1650. The van der Waals surface area contributed by atoms with Crippen molar-refractivity contribution >= 4 is 38.3 Å². The number of carbonyl (C=O) groups excluding carboxylic acids is 1. The monoisotopic (exact) mass is 574 g/mol. The molecule has 0 aliphatic carbocycles. The van der Waals surface area contributed by atoms with Crippen LogP contribution in [0, 0.1) is 11.3 Å². The summed E-state index contributed by atoms with van der Waals surface area (Å²) in [5.74, 6) is -0.298. The molecule has 0 radical (unpaired) electrons. The van der Waals surface area contributed by atoms with Gasteiger partial charge in [0.25, 0.3) is 5.91 Å².